The van der Waals surface area contributed by atoms with Crippen LogP contribution in [0.4, 0.5) is 0 Å². The minimum atomic E-state index is 0.190. The molecule has 0 bridgehead atoms. The van der Waals surface area contributed by atoms with Crippen molar-refractivity contribution in [2.45, 2.75) is 31.7 Å². The lowest BCUT2D eigenvalue weighted by Crippen LogP contribution is -2.29. The highest BCUT2D eigenvalue weighted by atomic mass is 79.9. The lowest BCUT2D eigenvalue weighted by molar-refractivity contribution is 0.542. The Morgan fingerprint density at radius 1 is 1.42 bits per heavy atom. The molecule has 19 heavy (non-hydrogen) atoms. The molecule has 0 radical (unpaired) electrons. The number of hydrogen-bond acceptors (Lipinski definition) is 2. The van der Waals surface area contributed by atoms with Crippen molar-refractivity contribution in [2.75, 3.05) is 13.1 Å². The van der Waals surface area contributed by atoms with E-state index in [0.717, 1.165) is 22.5 Å². The van der Waals surface area contributed by atoms with Crippen LogP contribution in [0.15, 0.2) is 34.3 Å². The standard InChI is InChI=1S/C15H20BrClN2/c16-13-9-12(5-6-14(13)17)15(10-18)19-8-7-11-3-1-2-4-11/h3,5-6,9,15,19H,1-2,4,7-8,10,18H2. The van der Waals surface area contributed by atoms with E-state index in [9.17, 15) is 0 Å². The Balaban J connectivity index is 1.89. The van der Waals surface area contributed by atoms with E-state index in [2.05, 4.69) is 27.3 Å². The Kier molecular flexibility index (Phi) is 5.89. The van der Waals surface area contributed by atoms with Crippen LogP contribution in [-0.4, -0.2) is 13.1 Å². The van der Waals surface area contributed by atoms with Gasteiger partial charge in [0, 0.05) is 17.1 Å². The lowest BCUT2D eigenvalue weighted by atomic mass is 10.1. The third kappa shape index (κ3) is 4.32. The van der Waals surface area contributed by atoms with Gasteiger partial charge in [-0.2, -0.15) is 0 Å². The third-order valence-corrected chi connectivity index (χ3v) is 4.77. The molecule has 0 fully saturated rings. The monoisotopic (exact) mass is 342 g/mol. The van der Waals surface area contributed by atoms with Crippen molar-refractivity contribution in [2.24, 2.45) is 5.73 Å². The van der Waals surface area contributed by atoms with E-state index < -0.39 is 0 Å². The summed E-state index contributed by atoms with van der Waals surface area (Å²) in [6.45, 7) is 1.57. The zero-order chi connectivity index (χ0) is 13.7. The second kappa shape index (κ2) is 7.44. The van der Waals surface area contributed by atoms with Crippen LogP contribution in [0.5, 0.6) is 0 Å². The number of nitrogens with two attached hydrogens (primary N) is 1. The summed E-state index contributed by atoms with van der Waals surface area (Å²) >= 11 is 9.47. The first kappa shape index (κ1) is 15.0. The molecular formula is C15H20BrClN2. The average Bonchev–Trinajstić information content (AvgIpc) is 2.91. The van der Waals surface area contributed by atoms with Gasteiger partial charge < -0.3 is 11.1 Å². The molecule has 1 aromatic carbocycles. The van der Waals surface area contributed by atoms with E-state index in [1.807, 2.05) is 18.2 Å². The van der Waals surface area contributed by atoms with Gasteiger partial charge in [-0.3, -0.25) is 0 Å². The molecule has 3 N–H and O–H groups in total. The predicted octanol–water partition coefficient (Wildman–Crippen LogP) is 4.19. The van der Waals surface area contributed by atoms with Crippen LogP contribution in [0, 0.1) is 0 Å². The predicted molar refractivity (Wildman–Crippen MR) is 85.5 cm³/mol. The highest BCUT2D eigenvalue weighted by Crippen LogP contribution is 2.26. The number of hydrogen-bond donors (Lipinski definition) is 2. The topological polar surface area (TPSA) is 38.0 Å². The molecule has 1 aromatic rings. The lowest BCUT2D eigenvalue weighted by Gasteiger charge is -2.18. The van der Waals surface area contributed by atoms with E-state index >= 15 is 0 Å². The number of halogens is 2. The maximum atomic E-state index is 6.01. The van der Waals surface area contributed by atoms with Gasteiger partial charge in [0.05, 0.1) is 5.02 Å². The maximum Gasteiger partial charge on any atom is 0.0548 e. The molecule has 0 aromatic heterocycles. The summed E-state index contributed by atoms with van der Waals surface area (Å²) in [5.41, 5.74) is 8.63. The van der Waals surface area contributed by atoms with Gasteiger partial charge in [-0.25, -0.2) is 0 Å². The van der Waals surface area contributed by atoms with Gasteiger partial charge in [-0.1, -0.05) is 29.3 Å². The fourth-order valence-electron chi connectivity index (χ4n) is 2.44. The van der Waals surface area contributed by atoms with E-state index in [1.165, 1.54) is 24.8 Å². The molecule has 0 saturated heterocycles. The minimum absolute atomic E-state index is 0.190. The second-order valence-corrected chi connectivity index (χ2v) is 6.18. The van der Waals surface area contributed by atoms with Crippen molar-refractivity contribution in [3.05, 3.63) is 44.9 Å². The van der Waals surface area contributed by atoms with Gasteiger partial charge in [0.1, 0.15) is 0 Å². The molecule has 2 rings (SSSR count). The molecule has 0 saturated carbocycles. The largest absolute Gasteiger partial charge is 0.329 e. The van der Waals surface area contributed by atoms with Crippen molar-refractivity contribution in [3.63, 3.8) is 0 Å². The van der Waals surface area contributed by atoms with Gasteiger partial charge >= 0.3 is 0 Å². The van der Waals surface area contributed by atoms with Crippen LogP contribution in [0.25, 0.3) is 0 Å². The van der Waals surface area contributed by atoms with E-state index in [-0.39, 0.29) is 6.04 Å². The summed E-state index contributed by atoms with van der Waals surface area (Å²) in [6.07, 6.45) is 7.34. The number of rotatable bonds is 6. The van der Waals surface area contributed by atoms with Crippen LogP contribution >= 0.6 is 27.5 Å². The zero-order valence-electron chi connectivity index (χ0n) is 11.0. The molecule has 0 heterocycles. The zero-order valence-corrected chi connectivity index (χ0v) is 13.3. The Labute approximate surface area is 128 Å². The van der Waals surface area contributed by atoms with Crippen LogP contribution in [0.2, 0.25) is 5.02 Å². The smallest absolute Gasteiger partial charge is 0.0548 e. The Hall–Kier alpha value is -0.350. The molecule has 1 unspecified atom stereocenters. The van der Waals surface area contributed by atoms with Crippen LogP contribution < -0.4 is 11.1 Å². The first-order valence-electron chi connectivity index (χ1n) is 6.77. The summed E-state index contributed by atoms with van der Waals surface area (Å²) in [5.74, 6) is 0. The van der Waals surface area contributed by atoms with Gasteiger partial charge in [0.15, 0.2) is 0 Å². The molecule has 4 heteroatoms. The summed E-state index contributed by atoms with van der Waals surface area (Å²) in [7, 11) is 0. The Bertz CT molecular complexity index is 459. The van der Waals surface area contributed by atoms with Crippen LogP contribution in [-0.2, 0) is 0 Å². The SMILES string of the molecule is NCC(NCCC1=CCCC1)c1ccc(Cl)c(Br)c1. The van der Waals surface area contributed by atoms with Crippen LogP contribution in [0.1, 0.15) is 37.3 Å². The summed E-state index contributed by atoms with van der Waals surface area (Å²) in [5, 5.41) is 4.26. The number of benzene rings is 1. The highest BCUT2D eigenvalue weighted by Gasteiger charge is 2.11. The molecular weight excluding hydrogens is 324 g/mol. The molecule has 1 atom stereocenters. The minimum Gasteiger partial charge on any atom is -0.329 e. The first-order chi connectivity index (χ1) is 9.20. The van der Waals surface area contributed by atoms with Gasteiger partial charge in [-0.15, -0.1) is 0 Å². The molecule has 0 spiro atoms. The van der Waals surface area contributed by atoms with Crippen molar-refractivity contribution in [1.29, 1.82) is 0 Å². The molecule has 1 aliphatic rings. The third-order valence-electron chi connectivity index (χ3n) is 3.55. The normalized spacial score (nSPS) is 16.5. The average molecular weight is 344 g/mol. The molecule has 104 valence electrons. The second-order valence-electron chi connectivity index (χ2n) is 4.92. The first-order valence-corrected chi connectivity index (χ1v) is 7.94. The fraction of sp³-hybridized carbons (Fsp3) is 0.467. The Morgan fingerprint density at radius 2 is 2.26 bits per heavy atom. The van der Waals surface area contributed by atoms with E-state index in [0.29, 0.717) is 6.54 Å². The molecule has 0 aliphatic heterocycles. The van der Waals surface area contributed by atoms with Crippen molar-refractivity contribution >= 4 is 27.5 Å². The number of allylic oxidation sites excluding steroid dienone is 1. The summed E-state index contributed by atoms with van der Waals surface area (Å²) in [6, 6.07) is 6.18. The van der Waals surface area contributed by atoms with Crippen molar-refractivity contribution in [3.8, 4) is 0 Å². The summed E-state index contributed by atoms with van der Waals surface area (Å²) < 4.78 is 0.922. The van der Waals surface area contributed by atoms with Gasteiger partial charge in [-0.05, 0) is 65.9 Å². The molecule has 1 aliphatic carbocycles. The number of nitrogens with one attached hydrogen (secondary N) is 1. The van der Waals surface area contributed by atoms with Gasteiger partial charge in [0.2, 0.25) is 0 Å². The Morgan fingerprint density at radius 3 is 2.89 bits per heavy atom. The van der Waals surface area contributed by atoms with Crippen LogP contribution in [0.3, 0.4) is 0 Å². The molecule has 0 amide bonds. The van der Waals surface area contributed by atoms with Crippen molar-refractivity contribution < 1.29 is 0 Å². The van der Waals surface area contributed by atoms with E-state index in [1.54, 1.807) is 5.57 Å². The quantitative estimate of drug-likeness (QED) is 0.760. The van der Waals surface area contributed by atoms with Gasteiger partial charge in [0.25, 0.3) is 0 Å². The highest BCUT2D eigenvalue weighted by molar-refractivity contribution is 9.10. The maximum absolute atomic E-state index is 6.01. The molecule has 2 nitrogen and oxygen atoms in total. The fourth-order valence-corrected chi connectivity index (χ4v) is 2.95. The van der Waals surface area contributed by atoms with Crippen molar-refractivity contribution in [1.82, 2.24) is 5.32 Å². The summed E-state index contributed by atoms with van der Waals surface area (Å²) in [4.78, 5) is 0. The van der Waals surface area contributed by atoms with E-state index in [4.69, 9.17) is 17.3 Å².